The van der Waals surface area contributed by atoms with E-state index in [9.17, 15) is 0 Å². The molecule has 1 fully saturated rings. The minimum Gasteiger partial charge on any atom is -0.388 e. The number of nitrogens with zero attached hydrogens (tertiary/aromatic N) is 1. The van der Waals surface area contributed by atoms with E-state index in [1.807, 2.05) is 25.2 Å². The molecule has 0 amide bonds. The summed E-state index contributed by atoms with van der Waals surface area (Å²) in [5.74, 6) is 0.594. The normalized spacial score (nSPS) is 15.5. The van der Waals surface area contributed by atoms with E-state index in [4.69, 9.17) is 5.26 Å². The zero-order chi connectivity index (χ0) is 12.3. The maximum Gasteiger partial charge on any atom is 0.0991 e. The number of nitrogens with one attached hydrogen (secondary N) is 1. The Morgan fingerprint density at radius 1 is 1.41 bits per heavy atom. The monoisotopic (exact) mass is 226 g/mol. The topological polar surface area (TPSA) is 35.8 Å². The molecule has 0 aromatic heterocycles. The Hall–Kier alpha value is -1.75. The summed E-state index contributed by atoms with van der Waals surface area (Å²) in [7, 11) is 1.91. The largest absolute Gasteiger partial charge is 0.388 e. The minimum atomic E-state index is 0.594. The summed E-state index contributed by atoms with van der Waals surface area (Å²) >= 11 is 0. The minimum absolute atomic E-state index is 0.594. The Balaban J connectivity index is 2.35. The van der Waals surface area contributed by atoms with Crippen molar-refractivity contribution in [3.05, 3.63) is 35.9 Å². The predicted molar refractivity (Wildman–Crippen MR) is 71.7 cm³/mol. The molecule has 2 heteroatoms. The lowest BCUT2D eigenvalue weighted by Gasteiger charge is -2.17. The molecule has 0 spiro atoms. The van der Waals surface area contributed by atoms with Crippen molar-refractivity contribution in [2.75, 3.05) is 12.4 Å². The van der Waals surface area contributed by atoms with Crippen LogP contribution in [0.1, 0.15) is 36.8 Å². The van der Waals surface area contributed by atoms with Crippen molar-refractivity contribution >= 4 is 11.3 Å². The molecule has 1 aliphatic rings. The molecule has 0 radical (unpaired) electrons. The first-order chi connectivity index (χ1) is 8.26. The first kappa shape index (κ1) is 11.7. The Kier molecular flexibility index (Phi) is 3.49. The number of rotatable bonds is 3. The molecule has 0 bridgehead atoms. The van der Waals surface area contributed by atoms with Gasteiger partial charge >= 0.3 is 0 Å². The van der Waals surface area contributed by atoms with E-state index in [-0.39, 0.29) is 0 Å². The highest BCUT2D eigenvalue weighted by Gasteiger charge is 2.20. The van der Waals surface area contributed by atoms with Crippen LogP contribution in [0, 0.1) is 17.2 Å². The third-order valence-corrected chi connectivity index (χ3v) is 3.61. The fraction of sp³-hybridized carbons (Fsp3) is 0.400. The van der Waals surface area contributed by atoms with Crippen molar-refractivity contribution in [1.29, 1.82) is 5.26 Å². The van der Waals surface area contributed by atoms with Gasteiger partial charge in [0, 0.05) is 18.3 Å². The van der Waals surface area contributed by atoms with E-state index >= 15 is 0 Å². The van der Waals surface area contributed by atoms with Crippen molar-refractivity contribution < 1.29 is 0 Å². The molecule has 0 heterocycles. The van der Waals surface area contributed by atoms with Crippen LogP contribution in [0.4, 0.5) is 5.69 Å². The van der Waals surface area contributed by atoms with Crippen molar-refractivity contribution in [2.45, 2.75) is 25.7 Å². The van der Waals surface area contributed by atoms with Gasteiger partial charge in [-0.3, -0.25) is 0 Å². The van der Waals surface area contributed by atoms with Crippen molar-refractivity contribution in [3.8, 4) is 6.07 Å². The van der Waals surface area contributed by atoms with Gasteiger partial charge in [0.15, 0.2) is 0 Å². The van der Waals surface area contributed by atoms with Crippen LogP contribution in [0.3, 0.4) is 0 Å². The van der Waals surface area contributed by atoms with Gasteiger partial charge in [0.1, 0.15) is 0 Å². The van der Waals surface area contributed by atoms with E-state index in [0.717, 1.165) is 11.3 Å². The van der Waals surface area contributed by atoms with Crippen LogP contribution in [0.2, 0.25) is 0 Å². The highest BCUT2D eigenvalue weighted by Crippen LogP contribution is 2.38. The Morgan fingerprint density at radius 2 is 2.12 bits per heavy atom. The van der Waals surface area contributed by atoms with Crippen LogP contribution >= 0.6 is 0 Å². The van der Waals surface area contributed by atoms with Crippen LogP contribution in [-0.4, -0.2) is 7.05 Å². The van der Waals surface area contributed by atoms with Gasteiger partial charge in [-0.05, 0) is 42.5 Å². The molecule has 2 nitrogen and oxygen atoms in total. The van der Waals surface area contributed by atoms with Crippen molar-refractivity contribution in [3.63, 3.8) is 0 Å². The lowest BCUT2D eigenvalue weighted by molar-refractivity contribution is 0.708. The summed E-state index contributed by atoms with van der Waals surface area (Å²) in [5.41, 5.74) is 4.07. The SMILES string of the molecule is C=C(c1cc(C#N)ccc1NC)C1CCCC1. The average Bonchev–Trinajstić information content (AvgIpc) is 2.91. The number of hydrogen-bond acceptors (Lipinski definition) is 2. The fourth-order valence-corrected chi connectivity index (χ4v) is 2.59. The third-order valence-electron chi connectivity index (χ3n) is 3.61. The second-order valence-electron chi connectivity index (χ2n) is 4.63. The molecule has 1 aliphatic carbocycles. The molecule has 17 heavy (non-hydrogen) atoms. The van der Waals surface area contributed by atoms with Gasteiger partial charge < -0.3 is 5.32 Å². The van der Waals surface area contributed by atoms with Crippen LogP contribution in [-0.2, 0) is 0 Å². The molecule has 88 valence electrons. The quantitative estimate of drug-likeness (QED) is 0.850. The molecule has 1 aromatic rings. The third kappa shape index (κ3) is 2.34. The zero-order valence-corrected chi connectivity index (χ0v) is 10.3. The van der Waals surface area contributed by atoms with Crippen molar-refractivity contribution in [1.82, 2.24) is 0 Å². The second kappa shape index (κ2) is 5.05. The smallest absolute Gasteiger partial charge is 0.0991 e. The predicted octanol–water partition coefficient (Wildman–Crippen LogP) is 3.80. The highest BCUT2D eigenvalue weighted by molar-refractivity contribution is 5.77. The van der Waals surface area contributed by atoms with Gasteiger partial charge in [0.2, 0.25) is 0 Å². The average molecular weight is 226 g/mol. The molecule has 1 aromatic carbocycles. The molecule has 0 atom stereocenters. The van der Waals surface area contributed by atoms with Gasteiger partial charge in [-0.1, -0.05) is 19.4 Å². The lowest BCUT2D eigenvalue weighted by atomic mass is 9.90. The van der Waals surface area contributed by atoms with Crippen LogP contribution < -0.4 is 5.32 Å². The summed E-state index contributed by atoms with van der Waals surface area (Å²) in [5, 5.41) is 12.2. The Labute approximate surface area is 103 Å². The molecule has 1 N–H and O–H groups in total. The Bertz CT molecular complexity index is 462. The molecular weight excluding hydrogens is 208 g/mol. The maximum absolute atomic E-state index is 8.97. The number of allylic oxidation sites excluding steroid dienone is 1. The molecule has 1 saturated carbocycles. The van der Waals surface area contributed by atoms with E-state index < -0.39 is 0 Å². The van der Waals surface area contributed by atoms with Gasteiger partial charge in [-0.2, -0.15) is 5.26 Å². The highest BCUT2D eigenvalue weighted by atomic mass is 14.8. The lowest BCUT2D eigenvalue weighted by Crippen LogP contribution is -2.01. The molecular formula is C15H18N2. The van der Waals surface area contributed by atoms with Gasteiger partial charge in [0.05, 0.1) is 11.6 Å². The van der Waals surface area contributed by atoms with Crippen molar-refractivity contribution in [2.24, 2.45) is 5.92 Å². The summed E-state index contributed by atoms with van der Waals surface area (Å²) < 4.78 is 0. The number of anilines is 1. The summed E-state index contributed by atoms with van der Waals surface area (Å²) in [4.78, 5) is 0. The van der Waals surface area contributed by atoms with Crippen LogP contribution in [0.25, 0.3) is 5.57 Å². The van der Waals surface area contributed by atoms with E-state index in [2.05, 4.69) is 18.0 Å². The number of hydrogen-bond donors (Lipinski definition) is 1. The summed E-state index contributed by atoms with van der Waals surface area (Å²) in [6.07, 6.45) is 5.07. The van der Waals surface area contributed by atoms with Gasteiger partial charge in [-0.15, -0.1) is 0 Å². The summed E-state index contributed by atoms with van der Waals surface area (Å²) in [6, 6.07) is 7.96. The molecule has 0 unspecified atom stereocenters. The molecule has 0 saturated heterocycles. The zero-order valence-electron chi connectivity index (χ0n) is 10.3. The van der Waals surface area contributed by atoms with Crippen LogP contribution in [0.15, 0.2) is 24.8 Å². The van der Waals surface area contributed by atoms with Gasteiger partial charge in [-0.25, -0.2) is 0 Å². The first-order valence-corrected chi connectivity index (χ1v) is 6.17. The standard InChI is InChI=1S/C15H18N2/c1-11(13-5-3-4-6-13)14-9-12(10-16)7-8-15(14)17-2/h7-9,13,17H,1,3-6H2,2H3. The van der Waals surface area contributed by atoms with Crippen LogP contribution in [0.5, 0.6) is 0 Å². The van der Waals surface area contributed by atoms with Gasteiger partial charge in [0.25, 0.3) is 0 Å². The molecule has 0 aliphatic heterocycles. The first-order valence-electron chi connectivity index (χ1n) is 6.17. The van der Waals surface area contributed by atoms with E-state index in [1.165, 1.54) is 31.3 Å². The number of benzene rings is 1. The Morgan fingerprint density at radius 3 is 2.71 bits per heavy atom. The fourth-order valence-electron chi connectivity index (χ4n) is 2.59. The molecule has 2 rings (SSSR count). The number of nitriles is 1. The van der Waals surface area contributed by atoms with E-state index in [0.29, 0.717) is 11.5 Å². The summed E-state index contributed by atoms with van der Waals surface area (Å²) in [6.45, 7) is 4.24. The second-order valence-corrected chi connectivity index (χ2v) is 4.63. The van der Waals surface area contributed by atoms with E-state index in [1.54, 1.807) is 0 Å². The maximum atomic E-state index is 8.97.